The number of anilines is 1. The van der Waals surface area contributed by atoms with Crippen LogP contribution in [0.4, 0.5) is 5.69 Å². The number of aryl methyl sites for hydroxylation is 1. The third kappa shape index (κ3) is 4.62. The summed E-state index contributed by atoms with van der Waals surface area (Å²) in [4.78, 5) is 25.2. The molecule has 31 heavy (non-hydrogen) atoms. The number of rotatable bonds is 6. The van der Waals surface area contributed by atoms with E-state index in [1.54, 1.807) is 43.4 Å². The van der Waals surface area contributed by atoms with E-state index < -0.39 is 11.8 Å². The number of carbonyl (C=O) groups excluding carboxylic acids is 2. The van der Waals surface area contributed by atoms with E-state index in [1.165, 1.54) is 17.1 Å². The molecule has 158 valence electrons. The number of nitrogens with zero attached hydrogens (tertiary/aromatic N) is 3. The zero-order valence-corrected chi connectivity index (χ0v) is 17.7. The lowest BCUT2D eigenvalue weighted by Crippen LogP contribution is -2.25. The zero-order valence-electron chi connectivity index (χ0n) is 16.1. The number of amides is 2. The quantitative estimate of drug-likeness (QED) is 0.404. The topological polar surface area (TPSA) is 118 Å². The molecule has 0 radical (unpaired) electrons. The van der Waals surface area contributed by atoms with Crippen LogP contribution in [0, 0.1) is 0 Å². The van der Waals surface area contributed by atoms with E-state index >= 15 is 0 Å². The normalized spacial score (nSPS) is 10.8. The van der Waals surface area contributed by atoms with Gasteiger partial charge in [0.1, 0.15) is 11.5 Å². The molecule has 4 aromatic rings. The molecule has 0 aliphatic carbocycles. The lowest BCUT2D eigenvalue weighted by atomic mass is 10.1. The number of aromatic nitrogens is 4. The number of benzene rings is 1. The Balaban J connectivity index is 1.48. The van der Waals surface area contributed by atoms with Crippen molar-refractivity contribution in [1.82, 2.24) is 25.3 Å². The van der Waals surface area contributed by atoms with E-state index in [1.807, 2.05) is 0 Å². The molecule has 0 aliphatic rings. The molecule has 9 nitrogen and oxygen atoms in total. The number of hydrogen-bond donors (Lipinski definition) is 3. The van der Waals surface area contributed by atoms with Gasteiger partial charge in [0.05, 0.1) is 34.2 Å². The maximum absolute atomic E-state index is 12.7. The van der Waals surface area contributed by atoms with E-state index in [9.17, 15) is 9.59 Å². The molecule has 3 aromatic heterocycles. The van der Waals surface area contributed by atoms with Crippen LogP contribution in [0.25, 0.3) is 11.3 Å². The van der Waals surface area contributed by atoms with Crippen LogP contribution in [-0.4, -0.2) is 31.8 Å². The minimum absolute atomic E-state index is 0.0756. The Morgan fingerprint density at radius 1 is 1.16 bits per heavy atom. The van der Waals surface area contributed by atoms with Crippen molar-refractivity contribution in [1.29, 1.82) is 0 Å². The largest absolute Gasteiger partial charge is 0.467 e. The number of carbonyl (C=O) groups is 2. The van der Waals surface area contributed by atoms with Crippen molar-refractivity contribution in [3.63, 3.8) is 0 Å². The first-order valence-corrected chi connectivity index (χ1v) is 9.82. The summed E-state index contributed by atoms with van der Waals surface area (Å²) in [5.41, 5.74) is 1.75. The SMILES string of the molecule is Cn1cc(NC(=O)c2cc(-c3ccc(Cl)c(Cl)c3)n[nH]2)c(C(=O)NCc2ccco2)n1. The lowest BCUT2D eigenvalue weighted by Gasteiger charge is -2.04. The first-order chi connectivity index (χ1) is 14.9. The molecule has 2 amide bonds. The first kappa shape index (κ1) is 20.7. The first-order valence-electron chi connectivity index (χ1n) is 9.07. The summed E-state index contributed by atoms with van der Waals surface area (Å²) in [5, 5.41) is 17.1. The van der Waals surface area contributed by atoms with Gasteiger partial charge in [0.2, 0.25) is 0 Å². The molecule has 0 atom stereocenters. The Labute approximate surface area is 186 Å². The highest BCUT2D eigenvalue weighted by atomic mass is 35.5. The second-order valence-electron chi connectivity index (χ2n) is 6.58. The Morgan fingerprint density at radius 2 is 2.00 bits per heavy atom. The van der Waals surface area contributed by atoms with Gasteiger partial charge in [-0.1, -0.05) is 29.3 Å². The van der Waals surface area contributed by atoms with E-state index in [4.69, 9.17) is 27.6 Å². The van der Waals surface area contributed by atoms with Gasteiger partial charge < -0.3 is 15.1 Å². The minimum atomic E-state index is -0.480. The standard InChI is InChI=1S/C20H16Cl2N6O3/c1-28-10-17(18(27-28)20(30)23-9-12-3-2-6-31-12)24-19(29)16-8-15(25-26-16)11-4-5-13(21)14(22)7-11/h2-8,10H,9H2,1H3,(H,23,30)(H,24,29)(H,25,26). The summed E-state index contributed by atoms with van der Waals surface area (Å²) < 4.78 is 6.63. The molecule has 0 unspecified atom stereocenters. The van der Waals surface area contributed by atoms with Crippen molar-refractivity contribution in [2.45, 2.75) is 6.54 Å². The van der Waals surface area contributed by atoms with Crippen molar-refractivity contribution in [2.75, 3.05) is 5.32 Å². The minimum Gasteiger partial charge on any atom is -0.467 e. The third-order valence-corrected chi connectivity index (χ3v) is 5.07. The molecule has 4 rings (SSSR count). The smallest absolute Gasteiger partial charge is 0.274 e. The predicted octanol–water partition coefficient (Wildman–Crippen LogP) is 3.89. The number of aromatic amines is 1. The highest BCUT2D eigenvalue weighted by Gasteiger charge is 2.20. The van der Waals surface area contributed by atoms with Crippen LogP contribution in [0.5, 0.6) is 0 Å². The summed E-state index contributed by atoms with van der Waals surface area (Å²) in [6.07, 6.45) is 3.06. The number of furan rings is 1. The van der Waals surface area contributed by atoms with Crippen LogP contribution >= 0.6 is 23.2 Å². The maximum Gasteiger partial charge on any atom is 0.274 e. The maximum atomic E-state index is 12.7. The number of H-pyrrole nitrogens is 1. The van der Waals surface area contributed by atoms with Crippen LogP contribution in [0.1, 0.15) is 26.7 Å². The molecule has 11 heteroatoms. The Hall–Kier alpha value is -3.56. The molecule has 0 aliphatic heterocycles. The lowest BCUT2D eigenvalue weighted by molar-refractivity contribution is 0.0943. The van der Waals surface area contributed by atoms with Crippen LogP contribution < -0.4 is 10.6 Å². The van der Waals surface area contributed by atoms with Crippen molar-refractivity contribution in [3.8, 4) is 11.3 Å². The van der Waals surface area contributed by atoms with E-state index in [2.05, 4.69) is 25.9 Å². The van der Waals surface area contributed by atoms with Crippen molar-refractivity contribution in [2.24, 2.45) is 7.05 Å². The van der Waals surface area contributed by atoms with Gasteiger partial charge >= 0.3 is 0 Å². The fourth-order valence-corrected chi connectivity index (χ4v) is 3.14. The number of hydrogen-bond acceptors (Lipinski definition) is 5. The second kappa shape index (κ2) is 8.66. The molecule has 1 aromatic carbocycles. The molecule has 0 saturated carbocycles. The van der Waals surface area contributed by atoms with E-state index in [0.717, 1.165) is 0 Å². The zero-order chi connectivity index (χ0) is 22.0. The van der Waals surface area contributed by atoms with Gasteiger partial charge in [-0.05, 0) is 30.3 Å². The monoisotopic (exact) mass is 458 g/mol. The molecule has 3 heterocycles. The summed E-state index contributed by atoms with van der Waals surface area (Å²) >= 11 is 12.0. The predicted molar refractivity (Wildman–Crippen MR) is 115 cm³/mol. The second-order valence-corrected chi connectivity index (χ2v) is 7.39. The molecular formula is C20H16Cl2N6O3. The summed E-state index contributed by atoms with van der Waals surface area (Å²) in [6.45, 7) is 0.198. The van der Waals surface area contributed by atoms with E-state index in [0.29, 0.717) is 27.1 Å². The van der Waals surface area contributed by atoms with Gasteiger partial charge in [-0.2, -0.15) is 10.2 Å². The van der Waals surface area contributed by atoms with E-state index in [-0.39, 0.29) is 23.6 Å². The van der Waals surface area contributed by atoms with Crippen LogP contribution in [-0.2, 0) is 13.6 Å². The highest BCUT2D eigenvalue weighted by molar-refractivity contribution is 6.42. The molecular weight excluding hydrogens is 443 g/mol. The highest BCUT2D eigenvalue weighted by Crippen LogP contribution is 2.28. The molecule has 0 bridgehead atoms. The van der Waals surface area contributed by atoms with Crippen molar-refractivity contribution in [3.05, 3.63) is 76.1 Å². The summed E-state index contributed by atoms with van der Waals surface area (Å²) in [6, 6.07) is 10.1. The summed E-state index contributed by atoms with van der Waals surface area (Å²) in [5.74, 6) is -0.331. The van der Waals surface area contributed by atoms with Gasteiger partial charge in [0.25, 0.3) is 11.8 Å². The van der Waals surface area contributed by atoms with Crippen LogP contribution in [0.3, 0.4) is 0 Å². The number of nitrogens with one attached hydrogen (secondary N) is 3. The average Bonchev–Trinajstić information content (AvgIpc) is 3.49. The fourth-order valence-electron chi connectivity index (χ4n) is 2.84. The Bertz CT molecular complexity index is 1250. The van der Waals surface area contributed by atoms with Crippen molar-refractivity contribution >= 4 is 40.7 Å². The Morgan fingerprint density at radius 3 is 2.74 bits per heavy atom. The van der Waals surface area contributed by atoms with Gasteiger partial charge in [-0.3, -0.25) is 19.4 Å². The molecule has 0 fully saturated rings. The Kier molecular flexibility index (Phi) is 5.79. The molecule has 0 spiro atoms. The van der Waals surface area contributed by atoms with Gasteiger partial charge in [-0.15, -0.1) is 0 Å². The van der Waals surface area contributed by atoms with Crippen LogP contribution in [0.15, 0.2) is 53.3 Å². The van der Waals surface area contributed by atoms with Gasteiger partial charge in [0.15, 0.2) is 5.69 Å². The number of halogens is 2. The van der Waals surface area contributed by atoms with Gasteiger partial charge in [-0.25, -0.2) is 0 Å². The fraction of sp³-hybridized carbons (Fsp3) is 0.100. The molecule has 3 N–H and O–H groups in total. The third-order valence-electron chi connectivity index (χ3n) is 4.33. The molecule has 0 saturated heterocycles. The summed E-state index contributed by atoms with van der Waals surface area (Å²) in [7, 11) is 1.65. The van der Waals surface area contributed by atoms with Gasteiger partial charge in [0, 0.05) is 18.8 Å². The van der Waals surface area contributed by atoms with Crippen molar-refractivity contribution < 1.29 is 14.0 Å². The average molecular weight is 459 g/mol. The van der Waals surface area contributed by atoms with Crippen LogP contribution in [0.2, 0.25) is 10.0 Å².